The Labute approximate surface area is 169 Å². The quantitative estimate of drug-likeness (QED) is 0.714. The molecule has 3 aromatic heterocycles. The first-order chi connectivity index (χ1) is 14.1. The molecule has 0 radical (unpaired) electrons. The minimum Gasteiger partial charge on any atom is -0.507 e. The van der Waals surface area contributed by atoms with E-state index in [4.69, 9.17) is 0 Å². The highest BCUT2D eigenvalue weighted by molar-refractivity contribution is 5.66. The third-order valence-corrected chi connectivity index (χ3v) is 5.90. The van der Waals surface area contributed by atoms with Crippen molar-refractivity contribution in [3.63, 3.8) is 0 Å². The average molecular weight is 388 g/mol. The summed E-state index contributed by atoms with van der Waals surface area (Å²) in [6.45, 7) is 2.32. The normalized spacial score (nSPS) is 25.3. The number of aromatic nitrogens is 5. The number of hydrogen-bond donors (Lipinski definition) is 2. The molecule has 0 spiro atoms. The Morgan fingerprint density at radius 1 is 1.24 bits per heavy atom. The lowest BCUT2D eigenvalue weighted by atomic mass is 9.75. The molecule has 7 nitrogen and oxygen atoms in total. The lowest BCUT2D eigenvalue weighted by molar-refractivity contribution is 0.192. The summed E-state index contributed by atoms with van der Waals surface area (Å²) >= 11 is 0. The first kappa shape index (κ1) is 18.0. The summed E-state index contributed by atoms with van der Waals surface area (Å²) in [4.78, 5) is 17.5. The molecule has 0 amide bonds. The molecule has 0 unspecified atom stereocenters. The Balaban J connectivity index is 1.37. The first-order valence-electron chi connectivity index (χ1n) is 10.0. The first-order valence-corrected chi connectivity index (χ1v) is 10.0. The van der Waals surface area contributed by atoms with Crippen molar-refractivity contribution in [2.45, 2.75) is 50.6 Å². The van der Waals surface area contributed by atoms with E-state index in [1.807, 2.05) is 0 Å². The third-order valence-electron chi connectivity index (χ3n) is 5.90. The van der Waals surface area contributed by atoms with Gasteiger partial charge in [0.05, 0.1) is 29.3 Å². The topological polar surface area (TPSA) is 88.8 Å². The van der Waals surface area contributed by atoms with E-state index in [0.29, 0.717) is 23.1 Å². The predicted octanol–water partition coefficient (Wildman–Crippen LogP) is 3.51. The molecule has 2 aliphatic heterocycles. The fourth-order valence-corrected chi connectivity index (χ4v) is 4.60. The standard InChI is InChI=1S/C22H24N6O/c1-22-4-2-3-16(27-22)7-15(10-22)8-17-11-25-19(13-24-17)18-12-26-21(9-20(18)29)28-6-5-23-14-28/h5-6,8-9,11-14,16,27H,2-4,7,10H2,1H3,(H,26,29)/b15-8+/t16-,22+/m0/s1. The maximum atomic E-state index is 10.4. The summed E-state index contributed by atoms with van der Waals surface area (Å²) in [7, 11) is 0. The van der Waals surface area contributed by atoms with Crippen molar-refractivity contribution in [1.82, 2.24) is 29.8 Å². The van der Waals surface area contributed by atoms with Crippen molar-refractivity contribution in [1.29, 1.82) is 0 Å². The number of hydrogen-bond acceptors (Lipinski definition) is 6. The number of rotatable bonds is 3. The van der Waals surface area contributed by atoms with E-state index >= 15 is 0 Å². The number of fused-ring (bicyclic) bond motifs is 2. The van der Waals surface area contributed by atoms with Crippen LogP contribution in [0.5, 0.6) is 5.75 Å². The molecule has 2 fully saturated rings. The van der Waals surface area contributed by atoms with Crippen LogP contribution in [0, 0.1) is 0 Å². The van der Waals surface area contributed by atoms with Gasteiger partial charge in [-0.3, -0.25) is 14.5 Å². The smallest absolute Gasteiger partial charge is 0.141 e. The van der Waals surface area contributed by atoms with Gasteiger partial charge in [-0.25, -0.2) is 9.97 Å². The third kappa shape index (κ3) is 3.65. The number of nitrogens with one attached hydrogen (secondary N) is 1. The van der Waals surface area contributed by atoms with Crippen LogP contribution in [0.1, 0.15) is 44.7 Å². The second kappa shape index (κ2) is 7.08. The number of nitrogens with zero attached hydrogens (tertiary/aromatic N) is 5. The van der Waals surface area contributed by atoms with Gasteiger partial charge in [0.2, 0.25) is 0 Å². The Morgan fingerprint density at radius 3 is 2.90 bits per heavy atom. The van der Waals surface area contributed by atoms with Gasteiger partial charge in [-0.2, -0.15) is 0 Å². The monoisotopic (exact) mass is 388 g/mol. The van der Waals surface area contributed by atoms with Crippen molar-refractivity contribution in [3.05, 3.63) is 54.6 Å². The maximum absolute atomic E-state index is 10.4. The molecule has 2 N–H and O–H groups in total. The van der Waals surface area contributed by atoms with Crippen molar-refractivity contribution in [2.75, 3.05) is 0 Å². The van der Waals surface area contributed by atoms with E-state index in [1.165, 1.54) is 24.8 Å². The van der Waals surface area contributed by atoms with Gasteiger partial charge in [0.25, 0.3) is 0 Å². The summed E-state index contributed by atoms with van der Waals surface area (Å²) in [5, 5.41) is 14.2. The molecule has 7 heteroatoms. The highest BCUT2D eigenvalue weighted by atomic mass is 16.3. The van der Waals surface area contributed by atoms with Crippen molar-refractivity contribution in [2.24, 2.45) is 0 Å². The predicted molar refractivity (Wildman–Crippen MR) is 110 cm³/mol. The summed E-state index contributed by atoms with van der Waals surface area (Å²) in [5.41, 5.74) is 3.67. The van der Waals surface area contributed by atoms with Crippen LogP contribution in [-0.4, -0.2) is 41.2 Å². The molecule has 2 saturated heterocycles. The molecular weight excluding hydrogens is 364 g/mol. The molecule has 3 aromatic rings. The molecule has 2 bridgehead atoms. The minimum absolute atomic E-state index is 0.114. The lowest BCUT2D eigenvalue weighted by Crippen LogP contribution is -2.55. The number of imidazole rings is 1. The van der Waals surface area contributed by atoms with E-state index in [9.17, 15) is 5.11 Å². The van der Waals surface area contributed by atoms with E-state index in [-0.39, 0.29) is 11.3 Å². The van der Waals surface area contributed by atoms with E-state index < -0.39 is 0 Å². The summed E-state index contributed by atoms with van der Waals surface area (Å²) in [6.07, 6.45) is 18.3. The molecular formula is C22H24N6O. The van der Waals surface area contributed by atoms with E-state index in [2.05, 4.69) is 38.3 Å². The van der Waals surface area contributed by atoms with Crippen LogP contribution in [-0.2, 0) is 0 Å². The molecule has 5 rings (SSSR count). The fraction of sp³-hybridized carbons (Fsp3) is 0.364. The van der Waals surface area contributed by atoms with Gasteiger partial charge < -0.3 is 10.4 Å². The summed E-state index contributed by atoms with van der Waals surface area (Å²) < 4.78 is 1.74. The second-order valence-electron chi connectivity index (χ2n) is 8.33. The number of pyridine rings is 1. The molecule has 0 saturated carbocycles. The Kier molecular flexibility index (Phi) is 4.39. The second-order valence-corrected chi connectivity index (χ2v) is 8.33. The Hall–Kier alpha value is -3.06. The van der Waals surface area contributed by atoms with E-state index in [0.717, 1.165) is 18.5 Å². The number of piperidine rings is 2. The van der Waals surface area contributed by atoms with Gasteiger partial charge in [-0.1, -0.05) is 12.0 Å². The van der Waals surface area contributed by atoms with E-state index in [1.54, 1.807) is 47.9 Å². The van der Waals surface area contributed by atoms with Gasteiger partial charge in [-0.05, 0) is 38.7 Å². The zero-order chi connectivity index (χ0) is 19.8. The largest absolute Gasteiger partial charge is 0.507 e. The Bertz CT molecular complexity index is 1040. The van der Waals surface area contributed by atoms with Crippen LogP contribution >= 0.6 is 0 Å². The highest BCUT2D eigenvalue weighted by Gasteiger charge is 2.36. The Morgan fingerprint density at radius 2 is 2.17 bits per heavy atom. The zero-order valence-corrected chi connectivity index (χ0v) is 16.4. The molecule has 29 heavy (non-hydrogen) atoms. The molecule has 148 valence electrons. The van der Waals surface area contributed by atoms with Gasteiger partial charge in [0.15, 0.2) is 0 Å². The molecule has 0 aromatic carbocycles. The molecule has 2 atom stereocenters. The molecule has 0 aliphatic carbocycles. The van der Waals surface area contributed by atoms with Crippen molar-refractivity contribution >= 4 is 6.08 Å². The summed E-state index contributed by atoms with van der Waals surface area (Å²) in [5.74, 6) is 0.714. The van der Waals surface area contributed by atoms with Gasteiger partial charge >= 0.3 is 0 Å². The summed E-state index contributed by atoms with van der Waals surface area (Å²) in [6, 6.07) is 2.18. The van der Waals surface area contributed by atoms with Gasteiger partial charge in [0.1, 0.15) is 17.9 Å². The van der Waals surface area contributed by atoms with Gasteiger partial charge in [-0.15, -0.1) is 0 Å². The number of aromatic hydroxyl groups is 1. The van der Waals surface area contributed by atoms with Crippen LogP contribution in [0.3, 0.4) is 0 Å². The lowest BCUT2D eigenvalue weighted by Gasteiger charge is -2.45. The minimum atomic E-state index is 0.114. The van der Waals surface area contributed by atoms with Crippen LogP contribution in [0.4, 0.5) is 0 Å². The molecule has 2 aliphatic rings. The zero-order valence-electron chi connectivity index (χ0n) is 16.4. The van der Waals surface area contributed by atoms with Crippen LogP contribution < -0.4 is 5.32 Å². The average Bonchev–Trinajstić information content (AvgIpc) is 3.23. The van der Waals surface area contributed by atoms with Crippen molar-refractivity contribution < 1.29 is 5.11 Å². The molecule has 5 heterocycles. The van der Waals surface area contributed by atoms with Gasteiger partial charge in [0, 0.05) is 36.2 Å². The SMILES string of the molecule is C[C@@]12CCC[C@@H](C/C(=C\c3cnc(-c4cnc(-n5ccnc5)cc4O)cn3)C1)N2. The van der Waals surface area contributed by atoms with Crippen LogP contribution in [0.25, 0.3) is 23.2 Å². The highest BCUT2D eigenvalue weighted by Crippen LogP contribution is 2.37. The van der Waals surface area contributed by atoms with Crippen LogP contribution in [0.15, 0.2) is 49.0 Å². The van der Waals surface area contributed by atoms with Crippen molar-refractivity contribution in [3.8, 4) is 22.8 Å². The van der Waals surface area contributed by atoms with Crippen LogP contribution in [0.2, 0.25) is 0 Å². The maximum Gasteiger partial charge on any atom is 0.141 e. The fourth-order valence-electron chi connectivity index (χ4n) is 4.60.